The van der Waals surface area contributed by atoms with Crippen LogP contribution in [-0.4, -0.2) is 35.2 Å². The molecule has 3 rings (SSSR count). The first-order valence-corrected chi connectivity index (χ1v) is 8.02. The number of carbonyl (C=O) groups is 2. The minimum absolute atomic E-state index is 0.00332. The van der Waals surface area contributed by atoms with Gasteiger partial charge in [0.05, 0.1) is 0 Å². The summed E-state index contributed by atoms with van der Waals surface area (Å²) in [7, 11) is 1.65. The fourth-order valence-corrected chi connectivity index (χ4v) is 3.24. The average Bonchev–Trinajstić information content (AvgIpc) is 2.86. The molecule has 1 aliphatic heterocycles. The number of hydrogen-bond donors (Lipinski definition) is 0. The SMILES string of the molecule is Cc1ccc([C@H]2CN(C)C(=O)[C@@H]2C(=O)Cc2ccc(F)nc2F)cc1. The zero-order valence-corrected chi connectivity index (χ0v) is 14.0. The molecule has 2 heterocycles. The van der Waals surface area contributed by atoms with Crippen LogP contribution in [-0.2, 0) is 16.0 Å². The Labute approximate surface area is 144 Å². The monoisotopic (exact) mass is 344 g/mol. The first-order chi connectivity index (χ1) is 11.9. The molecule has 130 valence electrons. The number of aromatic nitrogens is 1. The van der Waals surface area contributed by atoms with Gasteiger partial charge in [-0.2, -0.15) is 13.8 Å². The summed E-state index contributed by atoms with van der Waals surface area (Å²) in [6.07, 6.45) is -0.286. The van der Waals surface area contributed by atoms with E-state index in [0.717, 1.165) is 17.2 Å². The molecule has 1 aromatic heterocycles. The van der Waals surface area contributed by atoms with Gasteiger partial charge in [0.2, 0.25) is 17.8 Å². The lowest BCUT2D eigenvalue weighted by molar-refractivity contribution is -0.136. The van der Waals surface area contributed by atoms with Gasteiger partial charge in [0.15, 0.2) is 5.78 Å². The number of pyridine rings is 1. The zero-order valence-electron chi connectivity index (χ0n) is 14.0. The van der Waals surface area contributed by atoms with E-state index in [1.165, 1.54) is 11.0 Å². The van der Waals surface area contributed by atoms with Crippen LogP contribution in [0.25, 0.3) is 0 Å². The molecule has 1 saturated heterocycles. The smallest absolute Gasteiger partial charge is 0.233 e. The van der Waals surface area contributed by atoms with Crippen LogP contribution in [0.5, 0.6) is 0 Å². The first kappa shape index (κ1) is 17.2. The van der Waals surface area contributed by atoms with Crippen molar-refractivity contribution in [3.05, 3.63) is 65.0 Å². The zero-order chi connectivity index (χ0) is 18.1. The average molecular weight is 344 g/mol. The number of aryl methyl sites for hydroxylation is 1. The fourth-order valence-electron chi connectivity index (χ4n) is 3.24. The largest absolute Gasteiger partial charge is 0.344 e. The molecule has 0 unspecified atom stereocenters. The molecule has 1 amide bonds. The Morgan fingerprint density at radius 1 is 1.20 bits per heavy atom. The first-order valence-electron chi connectivity index (χ1n) is 8.02. The summed E-state index contributed by atoms with van der Waals surface area (Å²) in [5.41, 5.74) is 1.99. The number of benzene rings is 1. The molecule has 0 spiro atoms. The molecular formula is C19H18F2N2O2. The van der Waals surface area contributed by atoms with Gasteiger partial charge in [0.25, 0.3) is 0 Å². The molecule has 1 aliphatic rings. The topological polar surface area (TPSA) is 50.3 Å². The lowest BCUT2D eigenvalue weighted by Crippen LogP contribution is -2.29. The Bertz CT molecular complexity index is 821. The summed E-state index contributed by atoms with van der Waals surface area (Å²) in [4.78, 5) is 29.8. The quantitative estimate of drug-likeness (QED) is 0.633. The third kappa shape index (κ3) is 3.43. The van der Waals surface area contributed by atoms with Crippen molar-refractivity contribution in [1.82, 2.24) is 9.88 Å². The van der Waals surface area contributed by atoms with Crippen LogP contribution in [0.4, 0.5) is 8.78 Å². The number of nitrogens with zero attached hydrogens (tertiary/aromatic N) is 2. The maximum atomic E-state index is 13.7. The van der Waals surface area contributed by atoms with Crippen LogP contribution in [0.2, 0.25) is 0 Å². The highest BCUT2D eigenvalue weighted by Gasteiger charge is 2.43. The summed E-state index contributed by atoms with van der Waals surface area (Å²) in [6.45, 7) is 2.39. The second kappa shape index (κ2) is 6.70. The maximum absolute atomic E-state index is 13.7. The van der Waals surface area contributed by atoms with Gasteiger partial charge in [0.1, 0.15) is 5.92 Å². The molecule has 25 heavy (non-hydrogen) atoms. The highest BCUT2D eigenvalue weighted by Crippen LogP contribution is 2.34. The summed E-state index contributed by atoms with van der Waals surface area (Å²) < 4.78 is 26.7. The third-order valence-corrected chi connectivity index (χ3v) is 4.62. The van der Waals surface area contributed by atoms with Crippen LogP contribution in [0, 0.1) is 24.7 Å². The normalized spacial score (nSPS) is 20.2. The standard InChI is InChI=1S/C19H18F2N2O2/c1-11-3-5-12(6-4-11)14-10-23(2)19(25)17(14)15(24)9-13-7-8-16(20)22-18(13)21/h3-8,14,17H,9-10H2,1-2H3/t14-,17+/m1/s1. The molecule has 0 bridgehead atoms. The molecule has 1 aromatic carbocycles. The van der Waals surface area contributed by atoms with Gasteiger partial charge < -0.3 is 4.90 Å². The number of hydrogen-bond acceptors (Lipinski definition) is 3. The van der Waals surface area contributed by atoms with E-state index >= 15 is 0 Å². The van der Waals surface area contributed by atoms with Gasteiger partial charge in [-0.05, 0) is 24.6 Å². The van der Waals surface area contributed by atoms with E-state index in [0.29, 0.717) is 6.54 Å². The highest BCUT2D eigenvalue weighted by molar-refractivity contribution is 6.04. The third-order valence-electron chi connectivity index (χ3n) is 4.62. The minimum Gasteiger partial charge on any atom is -0.344 e. The number of likely N-dealkylation sites (tertiary alicyclic amines) is 1. The Hall–Kier alpha value is -2.63. The Morgan fingerprint density at radius 3 is 2.52 bits per heavy atom. The number of carbonyl (C=O) groups excluding carboxylic acids is 2. The second-order valence-corrected chi connectivity index (χ2v) is 6.44. The fraction of sp³-hybridized carbons (Fsp3) is 0.316. The van der Waals surface area contributed by atoms with Gasteiger partial charge in [-0.3, -0.25) is 9.59 Å². The molecule has 0 aliphatic carbocycles. The van der Waals surface area contributed by atoms with Gasteiger partial charge in [-0.15, -0.1) is 0 Å². The lowest BCUT2D eigenvalue weighted by Gasteiger charge is -2.16. The molecule has 1 fully saturated rings. The van der Waals surface area contributed by atoms with Crippen LogP contribution in [0.1, 0.15) is 22.6 Å². The molecule has 4 nitrogen and oxygen atoms in total. The number of Topliss-reactive ketones (excluding diaryl/α,β-unsaturated/α-hetero) is 1. The van der Waals surface area contributed by atoms with Crippen molar-refractivity contribution in [3.63, 3.8) is 0 Å². The van der Waals surface area contributed by atoms with E-state index in [9.17, 15) is 18.4 Å². The predicted octanol–water partition coefficient (Wildman–Crippen LogP) is 2.65. The van der Waals surface area contributed by atoms with Crippen LogP contribution >= 0.6 is 0 Å². The van der Waals surface area contributed by atoms with E-state index in [-0.39, 0.29) is 29.6 Å². The molecule has 2 aromatic rings. The number of halogens is 2. The number of ketones is 1. The second-order valence-electron chi connectivity index (χ2n) is 6.44. The van der Waals surface area contributed by atoms with Crippen molar-refractivity contribution in [1.29, 1.82) is 0 Å². The predicted molar refractivity (Wildman–Crippen MR) is 87.9 cm³/mol. The summed E-state index contributed by atoms with van der Waals surface area (Å²) >= 11 is 0. The van der Waals surface area contributed by atoms with Gasteiger partial charge >= 0.3 is 0 Å². The van der Waals surface area contributed by atoms with E-state index in [2.05, 4.69) is 4.98 Å². The van der Waals surface area contributed by atoms with E-state index < -0.39 is 17.8 Å². The van der Waals surface area contributed by atoms with Gasteiger partial charge in [-0.1, -0.05) is 29.8 Å². The van der Waals surface area contributed by atoms with Crippen LogP contribution in [0.15, 0.2) is 36.4 Å². The molecule has 0 saturated carbocycles. The Balaban J connectivity index is 1.87. The summed E-state index contributed by atoms with van der Waals surface area (Å²) in [5.74, 6) is -3.75. The van der Waals surface area contributed by atoms with Crippen molar-refractivity contribution in [2.45, 2.75) is 19.3 Å². The Morgan fingerprint density at radius 2 is 1.88 bits per heavy atom. The Kier molecular flexibility index (Phi) is 4.61. The molecule has 2 atom stereocenters. The minimum atomic E-state index is -1.01. The molecule has 6 heteroatoms. The van der Waals surface area contributed by atoms with Gasteiger partial charge in [0, 0.05) is 31.5 Å². The number of likely N-dealkylation sites (N-methyl/N-ethyl adjacent to an activating group) is 1. The van der Waals surface area contributed by atoms with Crippen molar-refractivity contribution in [3.8, 4) is 0 Å². The van der Waals surface area contributed by atoms with Crippen molar-refractivity contribution < 1.29 is 18.4 Å². The maximum Gasteiger partial charge on any atom is 0.233 e. The lowest BCUT2D eigenvalue weighted by atomic mass is 9.83. The highest BCUT2D eigenvalue weighted by atomic mass is 19.1. The van der Waals surface area contributed by atoms with Crippen LogP contribution in [0.3, 0.4) is 0 Å². The molecular weight excluding hydrogens is 326 g/mol. The van der Waals surface area contributed by atoms with Crippen LogP contribution < -0.4 is 0 Å². The van der Waals surface area contributed by atoms with Crippen molar-refractivity contribution >= 4 is 11.7 Å². The van der Waals surface area contributed by atoms with Crippen molar-refractivity contribution in [2.24, 2.45) is 5.92 Å². The van der Waals surface area contributed by atoms with E-state index in [4.69, 9.17) is 0 Å². The summed E-state index contributed by atoms with van der Waals surface area (Å²) in [6, 6.07) is 9.89. The summed E-state index contributed by atoms with van der Waals surface area (Å²) in [5, 5.41) is 0. The van der Waals surface area contributed by atoms with E-state index in [1.54, 1.807) is 7.05 Å². The number of amides is 1. The van der Waals surface area contributed by atoms with Gasteiger partial charge in [-0.25, -0.2) is 0 Å². The molecule has 0 N–H and O–H groups in total. The van der Waals surface area contributed by atoms with E-state index in [1.807, 2.05) is 31.2 Å². The van der Waals surface area contributed by atoms with Crippen molar-refractivity contribution in [2.75, 3.05) is 13.6 Å². The number of rotatable bonds is 4. The molecule has 0 radical (unpaired) electrons.